The number of rotatable bonds is 3. The van der Waals surface area contributed by atoms with Gasteiger partial charge in [-0.15, -0.1) is 0 Å². The van der Waals surface area contributed by atoms with Crippen molar-refractivity contribution in [2.75, 3.05) is 11.9 Å². The SMILES string of the molecule is N#CC(CNc1cccc(Cl)c1)C(F)(F)F. The van der Waals surface area contributed by atoms with E-state index < -0.39 is 18.6 Å². The van der Waals surface area contributed by atoms with Gasteiger partial charge in [0.1, 0.15) is 0 Å². The molecule has 0 aliphatic heterocycles. The molecule has 1 aromatic rings. The number of benzene rings is 1. The fourth-order valence-corrected chi connectivity index (χ4v) is 1.24. The van der Waals surface area contributed by atoms with Crippen LogP contribution in [0.3, 0.4) is 0 Å². The smallest absolute Gasteiger partial charge is 0.383 e. The molecular weight excluding hydrogens is 241 g/mol. The van der Waals surface area contributed by atoms with Crippen molar-refractivity contribution in [3.8, 4) is 6.07 Å². The lowest BCUT2D eigenvalue weighted by molar-refractivity contribution is -0.155. The van der Waals surface area contributed by atoms with E-state index in [9.17, 15) is 13.2 Å². The summed E-state index contributed by atoms with van der Waals surface area (Å²) in [6.07, 6.45) is -4.51. The summed E-state index contributed by atoms with van der Waals surface area (Å²) in [7, 11) is 0. The van der Waals surface area contributed by atoms with Crippen LogP contribution in [0, 0.1) is 17.2 Å². The van der Waals surface area contributed by atoms with Crippen molar-refractivity contribution < 1.29 is 13.2 Å². The molecule has 0 amide bonds. The van der Waals surface area contributed by atoms with Crippen LogP contribution in [0.25, 0.3) is 0 Å². The highest BCUT2D eigenvalue weighted by Crippen LogP contribution is 2.26. The molecule has 0 heterocycles. The summed E-state index contributed by atoms with van der Waals surface area (Å²) in [6, 6.07) is 7.50. The van der Waals surface area contributed by atoms with Crippen molar-refractivity contribution in [2.45, 2.75) is 6.18 Å². The molecule has 1 aromatic carbocycles. The molecule has 0 aliphatic carbocycles. The summed E-state index contributed by atoms with van der Waals surface area (Å²) in [5.41, 5.74) is 0.456. The molecule has 1 atom stereocenters. The maximum atomic E-state index is 12.2. The molecule has 0 saturated carbocycles. The number of nitriles is 1. The van der Waals surface area contributed by atoms with Crippen LogP contribution in [0.1, 0.15) is 0 Å². The van der Waals surface area contributed by atoms with E-state index in [0.717, 1.165) is 0 Å². The number of anilines is 1. The first-order chi connectivity index (χ1) is 7.43. The van der Waals surface area contributed by atoms with E-state index in [0.29, 0.717) is 10.7 Å². The number of alkyl halides is 3. The van der Waals surface area contributed by atoms with Crippen LogP contribution >= 0.6 is 11.6 Å². The molecular formula is C10H8ClF3N2. The third kappa shape index (κ3) is 3.63. The molecule has 0 spiro atoms. The standard InChI is InChI=1S/C10H8ClF3N2/c11-8-2-1-3-9(4-8)16-6-7(5-15)10(12,13)14/h1-4,7,16H,6H2. The Morgan fingerprint density at radius 2 is 2.12 bits per heavy atom. The van der Waals surface area contributed by atoms with Crippen LogP contribution in [-0.4, -0.2) is 12.7 Å². The first kappa shape index (κ1) is 12.7. The Hall–Kier alpha value is -1.41. The molecule has 0 bridgehead atoms. The van der Waals surface area contributed by atoms with Gasteiger partial charge in [-0.05, 0) is 18.2 Å². The van der Waals surface area contributed by atoms with Gasteiger partial charge in [-0.2, -0.15) is 18.4 Å². The zero-order valence-electron chi connectivity index (χ0n) is 8.05. The minimum atomic E-state index is -4.51. The van der Waals surface area contributed by atoms with Gasteiger partial charge in [-0.3, -0.25) is 0 Å². The van der Waals surface area contributed by atoms with Gasteiger partial charge in [-0.25, -0.2) is 0 Å². The van der Waals surface area contributed by atoms with Crippen molar-refractivity contribution in [3.05, 3.63) is 29.3 Å². The molecule has 0 radical (unpaired) electrons. The number of nitrogens with zero attached hydrogens (tertiary/aromatic N) is 1. The van der Waals surface area contributed by atoms with Crippen molar-refractivity contribution in [3.63, 3.8) is 0 Å². The zero-order chi connectivity index (χ0) is 12.2. The second kappa shape index (κ2) is 5.08. The molecule has 86 valence electrons. The van der Waals surface area contributed by atoms with E-state index >= 15 is 0 Å². The maximum Gasteiger partial charge on any atom is 0.406 e. The van der Waals surface area contributed by atoms with Gasteiger partial charge in [-0.1, -0.05) is 17.7 Å². The first-order valence-corrected chi connectivity index (χ1v) is 4.77. The average molecular weight is 249 g/mol. The number of nitrogens with one attached hydrogen (secondary N) is 1. The largest absolute Gasteiger partial charge is 0.406 e. The molecule has 6 heteroatoms. The van der Waals surface area contributed by atoms with Gasteiger partial charge in [0.05, 0.1) is 6.07 Å². The Balaban J connectivity index is 2.61. The highest BCUT2D eigenvalue weighted by Gasteiger charge is 2.39. The fraction of sp³-hybridized carbons (Fsp3) is 0.300. The predicted molar refractivity (Wildman–Crippen MR) is 55.1 cm³/mol. The van der Waals surface area contributed by atoms with Gasteiger partial charge in [0.2, 0.25) is 0 Å². The van der Waals surface area contributed by atoms with Crippen LogP contribution in [0.4, 0.5) is 18.9 Å². The molecule has 1 unspecified atom stereocenters. The van der Waals surface area contributed by atoms with Crippen molar-refractivity contribution in [1.29, 1.82) is 5.26 Å². The Labute approximate surface area is 95.6 Å². The molecule has 0 fully saturated rings. The van der Waals surface area contributed by atoms with Crippen LogP contribution in [0.15, 0.2) is 24.3 Å². The first-order valence-electron chi connectivity index (χ1n) is 4.39. The molecule has 1 rings (SSSR count). The summed E-state index contributed by atoms with van der Waals surface area (Å²) in [4.78, 5) is 0. The fourth-order valence-electron chi connectivity index (χ4n) is 1.05. The molecule has 1 N–H and O–H groups in total. The van der Waals surface area contributed by atoms with E-state index in [1.807, 2.05) is 0 Å². The van der Waals surface area contributed by atoms with Gasteiger partial charge in [0, 0.05) is 17.3 Å². The van der Waals surface area contributed by atoms with Gasteiger partial charge in [0.15, 0.2) is 5.92 Å². The summed E-state index contributed by atoms with van der Waals surface area (Å²) < 4.78 is 36.6. The van der Waals surface area contributed by atoms with Crippen LogP contribution in [0.5, 0.6) is 0 Å². The molecule has 0 aromatic heterocycles. The van der Waals surface area contributed by atoms with Gasteiger partial charge >= 0.3 is 6.18 Å². The van der Waals surface area contributed by atoms with Crippen molar-refractivity contribution >= 4 is 17.3 Å². The topological polar surface area (TPSA) is 35.8 Å². The highest BCUT2D eigenvalue weighted by atomic mass is 35.5. The van der Waals surface area contributed by atoms with Gasteiger partial charge < -0.3 is 5.32 Å². The summed E-state index contributed by atoms with van der Waals surface area (Å²) >= 11 is 5.66. The number of hydrogen-bond donors (Lipinski definition) is 1. The Morgan fingerprint density at radius 1 is 1.44 bits per heavy atom. The van der Waals surface area contributed by atoms with E-state index in [1.54, 1.807) is 18.2 Å². The quantitative estimate of drug-likeness (QED) is 0.889. The lowest BCUT2D eigenvalue weighted by atomic mass is 10.1. The van der Waals surface area contributed by atoms with E-state index in [2.05, 4.69) is 5.32 Å². The second-order valence-electron chi connectivity index (χ2n) is 3.11. The Morgan fingerprint density at radius 3 is 2.62 bits per heavy atom. The zero-order valence-corrected chi connectivity index (χ0v) is 8.81. The van der Waals surface area contributed by atoms with Crippen LogP contribution in [0.2, 0.25) is 5.02 Å². The Bertz CT molecular complexity index is 398. The predicted octanol–water partition coefficient (Wildman–Crippen LogP) is 3.45. The summed E-state index contributed by atoms with van der Waals surface area (Å²) in [5, 5.41) is 11.3. The van der Waals surface area contributed by atoms with Crippen LogP contribution in [-0.2, 0) is 0 Å². The van der Waals surface area contributed by atoms with Gasteiger partial charge in [0.25, 0.3) is 0 Å². The summed E-state index contributed by atoms with van der Waals surface area (Å²) in [5.74, 6) is -2.02. The maximum absolute atomic E-state index is 12.2. The third-order valence-corrected chi connectivity index (χ3v) is 2.12. The Kier molecular flexibility index (Phi) is 4.02. The lowest BCUT2D eigenvalue weighted by Gasteiger charge is -2.14. The van der Waals surface area contributed by atoms with E-state index in [4.69, 9.17) is 16.9 Å². The minimum Gasteiger partial charge on any atom is -0.383 e. The number of hydrogen-bond acceptors (Lipinski definition) is 2. The summed E-state index contributed by atoms with van der Waals surface area (Å²) in [6.45, 7) is -0.486. The monoisotopic (exact) mass is 248 g/mol. The molecule has 0 aliphatic rings. The highest BCUT2D eigenvalue weighted by molar-refractivity contribution is 6.30. The van der Waals surface area contributed by atoms with Crippen LogP contribution < -0.4 is 5.32 Å². The van der Waals surface area contributed by atoms with E-state index in [-0.39, 0.29) is 0 Å². The van der Waals surface area contributed by atoms with E-state index in [1.165, 1.54) is 12.1 Å². The minimum absolute atomic E-state index is 0.422. The third-order valence-electron chi connectivity index (χ3n) is 1.89. The molecule has 0 saturated heterocycles. The molecule has 2 nitrogen and oxygen atoms in total. The lowest BCUT2D eigenvalue weighted by Crippen LogP contribution is -2.28. The van der Waals surface area contributed by atoms with Crippen molar-refractivity contribution in [1.82, 2.24) is 0 Å². The normalized spacial score (nSPS) is 12.9. The number of halogens is 4. The van der Waals surface area contributed by atoms with Crippen molar-refractivity contribution in [2.24, 2.45) is 5.92 Å². The molecule has 16 heavy (non-hydrogen) atoms. The second-order valence-corrected chi connectivity index (χ2v) is 3.55. The average Bonchev–Trinajstić information content (AvgIpc) is 2.16.